The molecule has 242 valence electrons. The highest BCUT2D eigenvalue weighted by molar-refractivity contribution is 6.07. The van der Waals surface area contributed by atoms with Crippen LogP contribution in [0, 0.1) is 0 Å². The van der Waals surface area contributed by atoms with Crippen molar-refractivity contribution in [2.24, 2.45) is 0 Å². The topological polar surface area (TPSA) is 76.7 Å². The molecule has 2 N–H and O–H groups in total. The monoisotopic (exact) mass is 620 g/mol. The molecule has 6 heteroatoms. The second kappa shape index (κ2) is 11.5. The van der Waals surface area contributed by atoms with Gasteiger partial charge in [0.2, 0.25) is 0 Å². The number of ether oxygens (including phenoxy) is 2. The van der Waals surface area contributed by atoms with Crippen LogP contribution in [0.1, 0.15) is 102 Å². The Morgan fingerprint density at radius 3 is 1.74 bits per heavy atom. The van der Waals surface area contributed by atoms with Crippen molar-refractivity contribution in [3.05, 3.63) is 83.9 Å². The van der Waals surface area contributed by atoms with Crippen LogP contribution in [0.25, 0.3) is 32.7 Å². The van der Waals surface area contributed by atoms with Gasteiger partial charge in [-0.1, -0.05) is 48.5 Å². The number of rotatable bonds is 5. The van der Waals surface area contributed by atoms with Gasteiger partial charge < -0.3 is 20.1 Å². The Labute approximate surface area is 273 Å². The van der Waals surface area contributed by atoms with Crippen molar-refractivity contribution >= 4 is 33.5 Å². The Morgan fingerprint density at radius 2 is 1.13 bits per heavy atom. The lowest BCUT2D eigenvalue weighted by Gasteiger charge is -2.45. The van der Waals surface area contributed by atoms with Gasteiger partial charge in [0.05, 0.1) is 11.1 Å². The molecule has 0 atom stereocenters. The van der Waals surface area contributed by atoms with Crippen molar-refractivity contribution in [1.82, 2.24) is 10.6 Å². The molecule has 4 aromatic carbocycles. The number of nitrogens with one attached hydrogen (secondary N) is 2. The van der Waals surface area contributed by atoms with Crippen molar-refractivity contribution in [3.63, 3.8) is 0 Å². The Bertz CT molecular complexity index is 1790. The third kappa shape index (κ3) is 6.98. The Morgan fingerprint density at radius 1 is 0.587 bits per heavy atom. The van der Waals surface area contributed by atoms with Crippen LogP contribution >= 0.6 is 0 Å². The van der Waals surface area contributed by atoms with Gasteiger partial charge in [-0.05, 0) is 112 Å². The lowest BCUT2D eigenvalue weighted by molar-refractivity contribution is -0.00756. The number of esters is 2. The summed E-state index contributed by atoms with van der Waals surface area (Å²) in [6.45, 7) is 17.2. The van der Waals surface area contributed by atoms with Gasteiger partial charge >= 0.3 is 11.9 Å². The standard InChI is InChI=1S/C40H48N2O4/c1-37(2)21-29(22-38(3,4)41-37)45-35(43)28-17-18-32-26(19-28)12-10-13-31(32)27-16-15-25-11-9-14-33(34(25)20-27)36(44)46-30-23-39(5,6)42-40(7,8)24-30/h9-20,29-30,41-42H,21-24H2,1-8H3. The van der Waals surface area contributed by atoms with Gasteiger partial charge in [0, 0.05) is 47.8 Å². The van der Waals surface area contributed by atoms with Gasteiger partial charge in [-0.25, -0.2) is 9.59 Å². The number of carbonyl (C=O) groups excluding carboxylic acids is 2. The minimum atomic E-state index is -0.291. The van der Waals surface area contributed by atoms with E-state index in [4.69, 9.17) is 9.47 Å². The summed E-state index contributed by atoms with van der Waals surface area (Å²) in [4.78, 5) is 26.9. The van der Waals surface area contributed by atoms with Gasteiger partial charge in [0.25, 0.3) is 0 Å². The molecule has 2 fully saturated rings. The number of fused-ring (bicyclic) bond motifs is 2. The largest absolute Gasteiger partial charge is 0.459 e. The summed E-state index contributed by atoms with van der Waals surface area (Å²) in [6, 6.07) is 23.9. The number of benzene rings is 4. The SMILES string of the molecule is CC1(C)CC(OC(=O)c2ccc3c(-c4ccc5cccc(C(=O)OC6CC(C)(C)NC(C)(C)C6)c5c4)cccc3c2)CC(C)(C)N1. The molecule has 6 nitrogen and oxygen atoms in total. The maximum absolute atomic E-state index is 13.6. The van der Waals surface area contributed by atoms with E-state index in [1.54, 1.807) is 0 Å². The van der Waals surface area contributed by atoms with Gasteiger partial charge in [0.1, 0.15) is 12.2 Å². The predicted octanol–water partition coefficient (Wildman–Crippen LogP) is 8.59. The van der Waals surface area contributed by atoms with Gasteiger partial charge in [-0.2, -0.15) is 0 Å². The second-order valence-electron chi connectivity index (χ2n) is 16.1. The molecule has 6 rings (SSSR count). The number of piperidine rings is 2. The number of carbonyl (C=O) groups is 2. The van der Waals surface area contributed by atoms with Crippen molar-refractivity contribution < 1.29 is 19.1 Å². The molecular weight excluding hydrogens is 572 g/mol. The summed E-state index contributed by atoms with van der Waals surface area (Å²) in [6.07, 6.45) is 2.75. The summed E-state index contributed by atoms with van der Waals surface area (Å²) < 4.78 is 12.2. The quantitative estimate of drug-likeness (QED) is 0.218. The second-order valence-corrected chi connectivity index (χ2v) is 16.1. The summed E-state index contributed by atoms with van der Waals surface area (Å²) in [5, 5.41) is 11.1. The first kappa shape index (κ1) is 32.2. The predicted molar refractivity (Wildman–Crippen MR) is 186 cm³/mol. The molecule has 0 radical (unpaired) electrons. The van der Waals surface area contributed by atoms with Crippen LogP contribution in [0.2, 0.25) is 0 Å². The van der Waals surface area contributed by atoms with Crippen LogP contribution in [0.3, 0.4) is 0 Å². The fraction of sp³-hybridized carbons (Fsp3) is 0.450. The zero-order valence-electron chi connectivity index (χ0n) is 28.5. The maximum Gasteiger partial charge on any atom is 0.339 e. The zero-order chi connectivity index (χ0) is 33.1. The molecule has 2 aliphatic heterocycles. The van der Waals surface area contributed by atoms with E-state index >= 15 is 0 Å². The molecule has 0 spiro atoms. The number of hydrogen-bond acceptors (Lipinski definition) is 6. The van der Waals surface area contributed by atoms with E-state index < -0.39 is 0 Å². The summed E-state index contributed by atoms with van der Waals surface area (Å²) in [7, 11) is 0. The molecule has 2 heterocycles. The lowest BCUT2D eigenvalue weighted by Crippen LogP contribution is -2.59. The highest BCUT2D eigenvalue weighted by Crippen LogP contribution is 2.35. The molecule has 46 heavy (non-hydrogen) atoms. The van der Waals surface area contributed by atoms with Crippen molar-refractivity contribution in [2.75, 3.05) is 0 Å². The highest BCUT2D eigenvalue weighted by atomic mass is 16.5. The first-order valence-electron chi connectivity index (χ1n) is 16.5. The average molecular weight is 621 g/mol. The summed E-state index contributed by atoms with van der Waals surface area (Å²) in [5.41, 5.74) is 2.69. The molecule has 0 aromatic heterocycles. The van der Waals surface area contributed by atoms with Crippen LogP contribution < -0.4 is 10.6 Å². The van der Waals surface area contributed by atoms with Gasteiger partial charge in [0.15, 0.2) is 0 Å². The average Bonchev–Trinajstić information content (AvgIpc) is 2.92. The smallest absolute Gasteiger partial charge is 0.339 e. The number of hydrogen-bond donors (Lipinski definition) is 2. The molecule has 0 aliphatic carbocycles. The Kier molecular flexibility index (Phi) is 8.05. The van der Waals surface area contributed by atoms with Crippen molar-refractivity contribution in [1.29, 1.82) is 0 Å². The minimum absolute atomic E-state index is 0.109. The Balaban J connectivity index is 1.27. The van der Waals surface area contributed by atoms with Crippen LogP contribution in [-0.2, 0) is 9.47 Å². The van der Waals surface area contributed by atoms with Crippen LogP contribution in [0.15, 0.2) is 72.8 Å². The molecule has 0 bridgehead atoms. The highest BCUT2D eigenvalue weighted by Gasteiger charge is 2.40. The molecule has 4 aromatic rings. The van der Waals surface area contributed by atoms with E-state index in [1.165, 1.54) is 0 Å². The van der Waals surface area contributed by atoms with Gasteiger partial charge in [-0.3, -0.25) is 0 Å². The van der Waals surface area contributed by atoms with E-state index in [0.717, 1.165) is 58.4 Å². The molecule has 2 saturated heterocycles. The van der Waals surface area contributed by atoms with E-state index in [9.17, 15) is 9.59 Å². The first-order valence-corrected chi connectivity index (χ1v) is 16.5. The fourth-order valence-corrected chi connectivity index (χ4v) is 8.34. The minimum Gasteiger partial charge on any atom is -0.459 e. The van der Waals surface area contributed by atoms with Crippen LogP contribution in [0.4, 0.5) is 0 Å². The van der Waals surface area contributed by atoms with E-state index in [0.29, 0.717) is 11.1 Å². The summed E-state index contributed by atoms with van der Waals surface area (Å²) in [5.74, 6) is -0.581. The first-order chi connectivity index (χ1) is 21.5. The van der Waals surface area contributed by atoms with E-state index in [1.807, 2.05) is 48.5 Å². The fourth-order valence-electron chi connectivity index (χ4n) is 8.34. The third-order valence-electron chi connectivity index (χ3n) is 9.38. The molecule has 0 amide bonds. The summed E-state index contributed by atoms with van der Waals surface area (Å²) >= 11 is 0. The lowest BCUT2D eigenvalue weighted by atomic mass is 9.81. The third-order valence-corrected chi connectivity index (χ3v) is 9.38. The molecule has 0 saturated carbocycles. The van der Waals surface area contributed by atoms with E-state index in [-0.39, 0.29) is 46.3 Å². The van der Waals surface area contributed by atoms with Crippen molar-refractivity contribution in [2.45, 2.75) is 115 Å². The maximum atomic E-state index is 13.6. The Hall–Kier alpha value is -3.74. The van der Waals surface area contributed by atoms with Crippen molar-refractivity contribution in [3.8, 4) is 11.1 Å². The molecule has 2 aliphatic rings. The molecular formula is C40H48N2O4. The zero-order valence-corrected chi connectivity index (χ0v) is 28.5. The molecule has 0 unspecified atom stereocenters. The normalized spacial score (nSPS) is 20.8. The van der Waals surface area contributed by atoms with E-state index in [2.05, 4.69) is 90.3 Å². The van der Waals surface area contributed by atoms with Crippen LogP contribution in [0.5, 0.6) is 0 Å². The van der Waals surface area contributed by atoms with Gasteiger partial charge in [-0.15, -0.1) is 0 Å². The van der Waals surface area contributed by atoms with Crippen LogP contribution in [-0.4, -0.2) is 46.3 Å².